The van der Waals surface area contributed by atoms with E-state index < -0.39 is 23.2 Å². The number of hydrogen-bond donors (Lipinski definition) is 1. The molecule has 0 saturated carbocycles. The number of benzene rings is 3. The maximum absolute atomic E-state index is 12.9. The fourth-order valence-corrected chi connectivity index (χ4v) is 3.60. The van der Waals surface area contributed by atoms with Gasteiger partial charge in [-0.1, -0.05) is 41.9 Å². The van der Waals surface area contributed by atoms with E-state index in [0.717, 1.165) is 4.57 Å². The summed E-state index contributed by atoms with van der Waals surface area (Å²) in [5.74, 6) is -1.29. The minimum atomic E-state index is -0.690. The number of aromatic amines is 1. The van der Waals surface area contributed by atoms with Gasteiger partial charge in [0.15, 0.2) is 0 Å². The number of methoxy groups -OCH3 is 1. The van der Waals surface area contributed by atoms with Gasteiger partial charge in [-0.3, -0.25) is 4.79 Å². The first-order valence-corrected chi connectivity index (χ1v) is 10.2. The molecule has 9 heteroatoms. The first-order chi connectivity index (χ1) is 15.9. The molecule has 1 N–H and O–H groups in total. The molecular formula is C24H17ClN2O6. The zero-order valence-corrected chi connectivity index (χ0v) is 18.1. The molecule has 0 bridgehead atoms. The van der Waals surface area contributed by atoms with E-state index in [-0.39, 0.29) is 33.7 Å². The van der Waals surface area contributed by atoms with E-state index >= 15 is 0 Å². The number of nitrogens with zero attached hydrogens (tertiary/aromatic N) is 1. The van der Waals surface area contributed by atoms with E-state index in [2.05, 4.69) is 9.72 Å². The van der Waals surface area contributed by atoms with Crippen LogP contribution in [0.3, 0.4) is 0 Å². The lowest BCUT2D eigenvalue weighted by atomic mass is 10.1. The van der Waals surface area contributed by atoms with Gasteiger partial charge in [0.05, 0.1) is 39.8 Å². The number of carbonyl (C=O) groups excluding carboxylic acids is 2. The number of ether oxygens (including phenoxy) is 2. The molecule has 0 aliphatic heterocycles. The Kier molecular flexibility index (Phi) is 6.10. The highest BCUT2D eigenvalue weighted by atomic mass is 35.5. The summed E-state index contributed by atoms with van der Waals surface area (Å²) in [6.07, 6.45) is 0. The second-order valence-electron chi connectivity index (χ2n) is 7.01. The van der Waals surface area contributed by atoms with Crippen molar-refractivity contribution in [2.75, 3.05) is 7.11 Å². The molecule has 0 fully saturated rings. The van der Waals surface area contributed by atoms with Gasteiger partial charge in [-0.05, 0) is 36.4 Å². The average molecular weight is 465 g/mol. The highest BCUT2D eigenvalue weighted by Gasteiger charge is 2.16. The minimum Gasteiger partial charge on any atom is -0.465 e. The summed E-state index contributed by atoms with van der Waals surface area (Å²) in [4.78, 5) is 52.4. The van der Waals surface area contributed by atoms with Gasteiger partial charge >= 0.3 is 17.6 Å². The third kappa shape index (κ3) is 4.28. The number of H-pyrrole nitrogens is 1. The highest BCUT2D eigenvalue weighted by molar-refractivity contribution is 6.34. The predicted molar refractivity (Wildman–Crippen MR) is 122 cm³/mol. The van der Waals surface area contributed by atoms with Crippen LogP contribution in [0.25, 0.3) is 16.6 Å². The lowest BCUT2D eigenvalue weighted by Gasteiger charge is -2.10. The van der Waals surface area contributed by atoms with Gasteiger partial charge in [-0.15, -0.1) is 0 Å². The molecule has 0 unspecified atom stereocenters. The van der Waals surface area contributed by atoms with Gasteiger partial charge in [0.25, 0.3) is 5.56 Å². The molecule has 33 heavy (non-hydrogen) atoms. The summed E-state index contributed by atoms with van der Waals surface area (Å²) < 4.78 is 11.0. The molecule has 4 aromatic rings. The van der Waals surface area contributed by atoms with Crippen molar-refractivity contribution < 1.29 is 19.1 Å². The van der Waals surface area contributed by atoms with Crippen molar-refractivity contribution in [1.82, 2.24) is 9.55 Å². The lowest BCUT2D eigenvalue weighted by molar-refractivity contribution is 0.0473. The molecule has 4 rings (SSSR count). The first-order valence-electron chi connectivity index (χ1n) is 9.78. The molecule has 3 aromatic carbocycles. The molecule has 0 amide bonds. The molecular weight excluding hydrogens is 448 g/mol. The molecule has 0 radical (unpaired) electrons. The maximum Gasteiger partial charge on any atom is 0.339 e. The predicted octanol–water partition coefficient (Wildman–Crippen LogP) is 3.48. The number of rotatable bonds is 5. The van der Waals surface area contributed by atoms with Gasteiger partial charge in [0.2, 0.25) is 0 Å². The van der Waals surface area contributed by atoms with Crippen molar-refractivity contribution in [3.8, 4) is 5.69 Å². The Morgan fingerprint density at radius 1 is 0.970 bits per heavy atom. The molecule has 0 saturated heterocycles. The normalized spacial score (nSPS) is 10.7. The van der Waals surface area contributed by atoms with Crippen molar-refractivity contribution in [1.29, 1.82) is 0 Å². The first kappa shape index (κ1) is 22.0. The van der Waals surface area contributed by atoms with Gasteiger partial charge in [-0.2, -0.15) is 0 Å². The standard InChI is InChI=1S/C24H17ClN2O6/c1-32-23(30)18-9-5-6-15(20(18)25)13-33-22(29)14-10-11-17-19(12-14)26-24(31)27(21(17)28)16-7-3-2-4-8-16/h2-12H,13H2,1H3,(H,26,31). The van der Waals surface area contributed by atoms with Crippen LogP contribution >= 0.6 is 11.6 Å². The Bertz CT molecular complexity index is 1490. The number of nitrogens with one attached hydrogen (secondary N) is 1. The third-order valence-corrected chi connectivity index (χ3v) is 5.44. The fraction of sp³-hybridized carbons (Fsp3) is 0.0833. The largest absolute Gasteiger partial charge is 0.465 e. The monoisotopic (exact) mass is 464 g/mol. The Hall–Kier alpha value is -4.17. The molecule has 0 aliphatic carbocycles. The SMILES string of the molecule is COC(=O)c1cccc(COC(=O)c2ccc3c(=O)n(-c4ccccc4)c(=O)[nH]c3c2)c1Cl. The van der Waals surface area contributed by atoms with E-state index in [4.69, 9.17) is 16.3 Å². The van der Waals surface area contributed by atoms with Crippen LogP contribution in [0.1, 0.15) is 26.3 Å². The van der Waals surface area contributed by atoms with E-state index in [9.17, 15) is 19.2 Å². The number of esters is 2. The van der Waals surface area contributed by atoms with E-state index in [1.165, 1.54) is 31.4 Å². The zero-order valence-electron chi connectivity index (χ0n) is 17.3. The number of fused-ring (bicyclic) bond motifs is 1. The maximum atomic E-state index is 12.9. The Balaban J connectivity index is 1.61. The van der Waals surface area contributed by atoms with Gasteiger partial charge < -0.3 is 14.5 Å². The summed E-state index contributed by atoms with van der Waals surface area (Å²) in [5.41, 5.74) is 0.216. The van der Waals surface area contributed by atoms with Crippen molar-refractivity contribution in [2.45, 2.75) is 6.61 Å². The fourth-order valence-electron chi connectivity index (χ4n) is 3.34. The minimum absolute atomic E-state index is 0.126. The number of carbonyl (C=O) groups is 2. The van der Waals surface area contributed by atoms with E-state index in [0.29, 0.717) is 11.3 Å². The summed E-state index contributed by atoms with van der Waals surface area (Å²) in [6, 6.07) is 17.5. The van der Waals surface area contributed by atoms with Crippen molar-refractivity contribution in [3.63, 3.8) is 0 Å². The van der Waals surface area contributed by atoms with Crippen LogP contribution < -0.4 is 11.2 Å². The van der Waals surface area contributed by atoms with Gasteiger partial charge in [0.1, 0.15) is 6.61 Å². The molecule has 0 spiro atoms. The second kappa shape index (κ2) is 9.13. The summed E-state index contributed by atoms with van der Waals surface area (Å²) in [5, 5.41) is 0.366. The lowest BCUT2D eigenvalue weighted by Crippen LogP contribution is -2.33. The molecule has 1 heterocycles. The Morgan fingerprint density at radius 2 is 1.73 bits per heavy atom. The smallest absolute Gasteiger partial charge is 0.339 e. The quantitative estimate of drug-likeness (QED) is 0.453. The molecule has 1 aromatic heterocycles. The average Bonchev–Trinajstić information content (AvgIpc) is 2.83. The van der Waals surface area contributed by atoms with Gasteiger partial charge in [0, 0.05) is 5.56 Å². The number of hydrogen-bond acceptors (Lipinski definition) is 6. The van der Waals surface area contributed by atoms with Crippen LogP contribution in [0.5, 0.6) is 0 Å². The second-order valence-corrected chi connectivity index (χ2v) is 7.39. The highest BCUT2D eigenvalue weighted by Crippen LogP contribution is 2.23. The summed E-state index contributed by atoms with van der Waals surface area (Å²) in [6.45, 7) is -0.188. The summed E-state index contributed by atoms with van der Waals surface area (Å²) in [7, 11) is 1.24. The topological polar surface area (TPSA) is 107 Å². The van der Waals surface area contributed by atoms with Crippen LogP contribution in [0.15, 0.2) is 76.3 Å². The van der Waals surface area contributed by atoms with Crippen molar-refractivity contribution >= 4 is 34.4 Å². The van der Waals surface area contributed by atoms with Crippen LogP contribution in [-0.2, 0) is 16.1 Å². The van der Waals surface area contributed by atoms with Crippen LogP contribution in [0.2, 0.25) is 5.02 Å². The number of halogens is 1. The van der Waals surface area contributed by atoms with Crippen LogP contribution in [0.4, 0.5) is 0 Å². The zero-order chi connectivity index (χ0) is 23.5. The van der Waals surface area contributed by atoms with Crippen LogP contribution in [0, 0.1) is 0 Å². The Labute approximate surface area is 192 Å². The van der Waals surface area contributed by atoms with Crippen molar-refractivity contribution in [3.05, 3.63) is 109 Å². The van der Waals surface area contributed by atoms with E-state index in [1.807, 2.05) is 0 Å². The van der Waals surface area contributed by atoms with Crippen LogP contribution in [-0.4, -0.2) is 28.6 Å². The molecule has 0 aliphatic rings. The third-order valence-electron chi connectivity index (χ3n) is 4.99. The molecule has 166 valence electrons. The number of para-hydroxylation sites is 1. The Morgan fingerprint density at radius 3 is 2.45 bits per heavy atom. The van der Waals surface area contributed by atoms with E-state index in [1.54, 1.807) is 42.5 Å². The van der Waals surface area contributed by atoms with Gasteiger partial charge in [-0.25, -0.2) is 19.0 Å². The summed E-state index contributed by atoms with van der Waals surface area (Å²) >= 11 is 6.22. The number of aromatic nitrogens is 2. The van der Waals surface area contributed by atoms with Crippen molar-refractivity contribution in [2.24, 2.45) is 0 Å². The molecule has 0 atom stereocenters. The molecule has 8 nitrogen and oxygen atoms in total.